The zero-order valence-electron chi connectivity index (χ0n) is 14.4. The molecule has 1 aliphatic heterocycles. The van der Waals surface area contributed by atoms with E-state index in [9.17, 15) is 9.90 Å². The molecule has 1 amide bonds. The molecule has 6 nitrogen and oxygen atoms in total. The molecule has 0 aliphatic carbocycles. The molecule has 1 aromatic carbocycles. The van der Waals surface area contributed by atoms with Gasteiger partial charge in [-0.3, -0.25) is 9.69 Å². The van der Waals surface area contributed by atoms with Crippen molar-refractivity contribution >= 4 is 28.5 Å². The molecule has 7 heteroatoms. The van der Waals surface area contributed by atoms with E-state index in [1.54, 1.807) is 6.07 Å². The highest BCUT2D eigenvalue weighted by molar-refractivity contribution is 14.1. The monoisotopic (exact) mass is 448 g/mol. The maximum Gasteiger partial charge on any atom is 0.259 e. The standard InChI is InChI=1S/C17H25IN2O4/c1-4-20-8-6-7-11(20)10-19-17(22)14-15(21)12(18)9-13(23-3)16(14)24-5-2/h9,11,21H,4-8,10H2,1-3H3,(H,19,22). The number of amides is 1. The van der Waals surface area contributed by atoms with E-state index < -0.39 is 0 Å². The lowest BCUT2D eigenvalue weighted by Crippen LogP contribution is -2.40. The highest BCUT2D eigenvalue weighted by Crippen LogP contribution is 2.40. The number of likely N-dealkylation sites (N-methyl/N-ethyl adjacent to an activating group) is 1. The van der Waals surface area contributed by atoms with Crippen molar-refractivity contribution < 1.29 is 19.4 Å². The number of halogens is 1. The Morgan fingerprint density at radius 1 is 1.50 bits per heavy atom. The van der Waals surface area contributed by atoms with Gasteiger partial charge < -0.3 is 19.9 Å². The van der Waals surface area contributed by atoms with Gasteiger partial charge in [0.15, 0.2) is 11.5 Å². The maximum absolute atomic E-state index is 12.7. The van der Waals surface area contributed by atoms with Gasteiger partial charge in [-0.25, -0.2) is 0 Å². The van der Waals surface area contributed by atoms with Gasteiger partial charge in [0, 0.05) is 18.7 Å². The highest BCUT2D eigenvalue weighted by Gasteiger charge is 2.27. The third kappa shape index (κ3) is 4.05. The van der Waals surface area contributed by atoms with Crippen LogP contribution in [0, 0.1) is 3.57 Å². The van der Waals surface area contributed by atoms with E-state index in [4.69, 9.17) is 9.47 Å². The number of carbonyl (C=O) groups is 1. The van der Waals surface area contributed by atoms with Crippen molar-refractivity contribution in [2.24, 2.45) is 0 Å². The molecule has 24 heavy (non-hydrogen) atoms. The molecule has 134 valence electrons. The largest absolute Gasteiger partial charge is 0.506 e. The van der Waals surface area contributed by atoms with Crippen LogP contribution in [0.25, 0.3) is 0 Å². The van der Waals surface area contributed by atoms with Crippen LogP contribution in [0.5, 0.6) is 17.2 Å². The minimum absolute atomic E-state index is 0.0730. The first-order valence-corrected chi connectivity index (χ1v) is 9.35. The number of nitrogens with zero attached hydrogens (tertiary/aromatic N) is 1. The minimum atomic E-state index is -0.337. The lowest BCUT2D eigenvalue weighted by atomic mass is 10.1. The van der Waals surface area contributed by atoms with Crippen LogP contribution in [0.3, 0.4) is 0 Å². The molecule has 2 N–H and O–H groups in total. The van der Waals surface area contributed by atoms with E-state index in [-0.39, 0.29) is 23.0 Å². The number of nitrogens with one attached hydrogen (secondary N) is 1. The number of hydrogen-bond donors (Lipinski definition) is 2. The summed E-state index contributed by atoms with van der Waals surface area (Å²) in [5.41, 5.74) is 0.140. The summed E-state index contributed by atoms with van der Waals surface area (Å²) in [6.07, 6.45) is 2.23. The predicted octanol–water partition coefficient (Wildman–Crippen LogP) is 2.62. The first kappa shape index (κ1) is 19.1. The molecule has 2 rings (SSSR count). The summed E-state index contributed by atoms with van der Waals surface area (Å²) in [6.45, 7) is 6.95. The van der Waals surface area contributed by atoms with Gasteiger partial charge in [-0.1, -0.05) is 6.92 Å². The van der Waals surface area contributed by atoms with E-state index in [0.29, 0.717) is 28.5 Å². The summed E-state index contributed by atoms with van der Waals surface area (Å²) in [5.74, 6) is 0.321. The second-order valence-electron chi connectivity index (χ2n) is 5.68. The van der Waals surface area contributed by atoms with Gasteiger partial charge in [0.2, 0.25) is 0 Å². The molecular formula is C17H25IN2O4. The van der Waals surface area contributed by atoms with Gasteiger partial charge in [-0.05, 0) is 55.4 Å². The van der Waals surface area contributed by atoms with Crippen LogP contribution in [0.1, 0.15) is 37.0 Å². The average molecular weight is 448 g/mol. The second kappa shape index (κ2) is 8.75. The summed E-state index contributed by atoms with van der Waals surface area (Å²) >= 11 is 1.98. The summed E-state index contributed by atoms with van der Waals surface area (Å²) in [7, 11) is 1.52. The number of benzene rings is 1. The molecule has 0 bridgehead atoms. The van der Waals surface area contributed by atoms with Crippen LogP contribution < -0.4 is 14.8 Å². The number of likely N-dealkylation sites (tertiary alicyclic amines) is 1. The third-order valence-electron chi connectivity index (χ3n) is 4.31. The lowest BCUT2D eigenvalue weighted by molar-refractivity contribution is 0.0933. The van der Waals surface area contributed by atoms with Crippen LogP contribution in [0.4, 0.5) is 0 Å². The van der Waals surface area contributed by atoms with Crippen molar-refractivity contribution in [3.8, 4) is 17.2 Å². The van der Waals surface area contributed by atoms with Crippen molar-refractivity contribution in [2.45, 2.75) is 32.7 Å². The van der Waals surface area contributed by atoms with Gasteiger partial charge in [0.25, 0.3) is 5.91 Å². The van der Waals surface area contributed by atoms with E-state index in [0.717, 1.165) is 25.9 Å². The zero-order valence-corrected chi connectivity index (χ0v) is 16.6. The van der Waals surface area contributed by atoms with E-state index >= 15 is 0 Å². The number of phenolic OH excluding ortho intramolecular Hbond substituents is 1. The van der Waals surface area contributed by atoms with Crippen molar-refractivity contribution in [1.82, 2.24) is 10.2 Å². The Hall–Kier alpha value is -1.22. The molecule has 0 radical (unpaired) electrons. The van der Waals surface area contributed by atoms with Crippen LogP contribution >= 0.6 is 22.6 Å². The number of ether oxygens (including phenoxy) is 2. The van der Waals surface area contributed by atoms with Crippen molar-refractivity contribution in [3.63, 3.8) is 0 Å². The minimum Gasteiger partial charge on any atom is -0.506 e. The molecule has 1 heterocycles. The molecule has 1 aromatic rings. The van der Waals surface area contributed by atoms with Crippen LogP contribution in [0.15, 0.2) is 6.07 Å². The number of hydrogen-bond acceptors (Lipinski definition) is 5. The van der Waals surface area contributed by atoms with Gasteiger partial charge in [0.05, 0.1) is 17.3 Å². The zero-order chi connectivity index (χ0) is 17.7. The predicted molar refractivity (Wildman–Crippen MR) is 101 cm³/mol. The summed E-state index contributed by atoms with van der Waals surface area (Å²) < 4.78 is 11.4. The topological polar surface area (TPSA) is 71.0 Å². The molecule has 1 aliphatic rings. The Balaban J connectivity index is 2.22. The summed E-state index contributed by atoms with van der Waals surface area (Å²) in [6, 6.07) is 2.01. The molecule has 1 fully saturated rings. The molecule has 0 aromatic heterocycles. The Morgan fingerprint density at radius 3 is 2.88 bits per heavy atom. The Morgan fingerprint density at radius 2 is 2.25 bits per heavy atom. The summed E-state index contributed by atoms with van der Waals surface area (Å²) in [4.78, 5) is 15.1. The SMILES string of the molecule is CCOc1c(OC)cc(I)c(O)c1C(=O)NCC1CCCN1CC. The summed E-state index contributed by atoms with van der Waals surface area (Å²) in [5, 5.41) is 13.3. The van der Waals surface area contributed by atoms with Crippen LogP contribution in [0.2, 0.25) is 0 Å². The third-order valence-corrected chi connectivity index (χ3v) is 5.13. The van der Waals surface area contributed by atoms with Gasteiger partial charge in [-0.2, -0.15) is 0 Å². The normalized spacial score (nSPS) is 17.8. The highest BCUT2D eigenvalue weighted by atomic mass is 127. The molecule has 0 saturated carbocycles. The number of rotatable bonds is 7. The second-order valence-corrected chi connectivity index (χ2v) is 6.84. The number of aromatic hydroxyl groups is 1. The van der Waals surface area contributed by atoms with Gasteiger partial charge in [0.1, 0.15) is 11.3 Å². The van der Waals surface area contributed by atoms with E-state index in [2.05, 4.69) is 17.1 Å². The van der Waals surface area contributed by atoms with E-state index in [1.165, 1.54) is 7.11 Å². The number of carbonyl (C=O) groups excluding carboxylic acids is 1. The smallest absolute Gasteiger partial charge is 0.259 e. The van der Waals surface area contributed by atoms with Gasteiger partial charge >= 0.3 is 0 Å². The number of methoxy groups -OCH3 is 1. The quantitative estimate of drug-likeness (QED) is 0.628. The fourth-order valence-corrected chi connectivity index (χ4v) is 3.64. The van der Waals surface area contributed by atoms with Crippen molar-refractivity contribution in [2.75, 3.05) is 33.4 Å². The van der Waals surface area contributed by atoms with E-state index in [1.807, 2.05) is 29.5 Å². The average Bonchev–Trinajstić information content (AvgIpc) is 3.03. The molecule has 1 atom stereocenters. The lowest BCUT2D eigenvalue weighted by Gasteiger charge is -2.23. The van der Waals surface area contributed by atoms with Gasteiger partial charge in [-0.15, -0.1) is 0 Å². The van der Waals surface area contributed by atoms with Crippen LogP contribution in [-0.2, 0) is 0 Å². The Labute approximate surface area is 156 Å². The van der Waals surface area contributed by atoms with Crippen LogP contribution in [-0.4, -0.2) is 55.3 Å². The molecule has 0 spiro atoms. The molecular weight excluding hydrogens is 423 g/mol. The number of phenols is 1. The molecule has 1 saturated heterocycles. The Kier molecular flexibility index (Phi) is 6.97. The van der Waals surface area contributed by atoms with Crippen molar-refractivity contribution in [1.29, 1.82) is 0 Å². The Bertz CT molecular complexity index is 594. The maximum atomic E-state index is 12.7. The van der Waals surface area contributed by atoms with Crippen molar-refractivity contribution in [3.05, 3.63) is 15.2 Å². The first-order valence-electron chi connectivity index (χ1n) is 8.27. The first-order chi connectivity index (χ1) is 11.5. The fourth-order valence-electron chi connectivity index (χ4n) is 3.09. The fraction of sp³-hybridized carbons (Fsp3) is 0.588. The molecule has 1 unspecified atom stereocenters.